The molecule has 0 aliphatic carbocycles. The van der Waals surface area contributed by atoms with Crippen molar-refractivity contribution in [3.05, 3.63) is 112 Å². The normalized spacial score (nSPS) is 14.5. The fraction of sp³-hybridized carbons (Fsp3) is 0.353. The molecule has 218 valence electrons. The van der Waals surface area contributed by atoms with E-state index >= 15 is 0 Å². The van der Waals surface area contributed by atoms with Crippen molar-refractivity contribution in [2.24, 2.45) is 5.92 Å². The molecule has 1 aliphatic rings. The molecule has 1 fully saturated rings. The number of hydrogen-bond donors (Lipinski definition) is 0. The number of esters is 1. The van der Waals surface area contributed by atoms with E-state index in [9.17, 15) is 14.4 Å². The average Bonchev–Trinajstić information content (AvgIpc) is 3.39. The van der Waals surface area contributed by atoms with Gasteiger partial charge in [0.2, 0.25) is 0 Å². The second kappa shape index (κ2) is 13.0. The number of piperidine rings is 1. The number of rotatable bonds is 10. The Kier molecular flexibility index (Phi) is 9.00. The monoisotopic (exact) mass is 566 g/mol. The molecule has 1 unspecified atom stereocenters. The van der Waals surface area contributed by atoms with Gasteiger partial charge in [-0.25, -0.2) is 18.8 Å². The molecule has 1 aliphatic heterocycles. The number of nitrogens with zero attached hydrogens (tertiary/aromatic N) is 4. The number of aromatic nitrogens is 3. The number of carbonyl (C=O) groups excluding carboxylic acids is 2. The minimum absolute atomic E-state index is 0.161. The first-order chi connectivity index (χ1) is 20.3. The van der Waals surface area contributed by atoms with Crippen LogP contribution in [0.25, 0.3) is 5.69 Å². The van der Waals surface area contributed by atoms with Crippen LogP contribution in [-0.2, 0) is 16.0 Å². The molecule has 3 aromatic carbocycles. The van der Waals surface area contributed by atoms with Gasteiger partial charge in [-0.1, -0.05) is 42.5 Å². The Balaban J connectivity index is 1.15. The Morgan fingerprint density at radius 1 is 0.976 bits per heavy atom. The van der Waals surface area contributed by atoms with Gasteiger partial charge in [-0.3, -0.25) is 4.79 Å². The fourth-order valence-corrected chi connectivity index (χ4v) is 5.68. The number of aryl methyl sites for hydroxylation is 1. The number of ether oxygens (including phenoxy) is 1. The summed E-state index contributed by atoms with van der Waals surface area (Å²) >= 11 is 0. The molecule has 0 amide bonds. The molecule has 42 heavy (non-hydrogen) atoms. The molecule has 1 aromatic heterocycles. The summed E-state index contributed by atoms with van der Waals surface area (Å²) in [6.07, 6.45) is 4.34. The summed E-state index contributed by atoms with van der Waals surface area (Å²) in [7, 11) is 0. The summed E-state index contributed by atoms with van der Waals surface area (Å²) in [6.45, 7) is 7.71. The average molecular weight is 567 g/mol. The van der Waals surface area contributed by atoms with Crippen molar-refractivity contribution in [3.63, 3.8) is 0 Å². The molecule has 4 aromatic rings. The van der Waals surface area contributed by atoms with Crippen LogP contribution in [0.2, 0.25) is 0 Å². The maximum Gasteiger partial charge on any atom is 0.350 e. The second-order valence-corrected chi connectivity index (χ2v) is 11.1. The van der Waals surface area contributed by atoms with Crippen LogP contribution in [-0.4, -0.2) is 45.8 Å². The zero-order valence-corrected chi connectivity index (χ0v) is 24.5. The Morgan fingerprint density at radius 2 is 1.67 bits per heavy atom. The molecule has 0 spiro atoms. The highest BCUT2D eigenvalue weighted by atomic mass is 16.5. The number of carbonyl (C=O) groups is 2. The number of benzene rings is 3. The number of hydrogen-bond acceptors (Lipinski definition) is 6. The molecule has 0 bridgehead atoms. The fourth-order valence-electron chi connectivity index (χ4n) is 5.68. The Morgan fingerprint density at radius 3 is 2.36 bits per heavy atom. The molecular weight excluding hydrogens is 528 g/mol. The smallest absolute Gasteiger partial charge is 0.350 e. The summed E-state index contributed by atoms with van der Waals surface area (Å²) in [5.74, 6) is 0.201. The number of ketones is 1. The van der Waals surface area contributed by atoms with Gasteiger partial charge in [0.25, 0.3) is 0 Å². The van der Waals surface area contributed by atoms with Gasteiger partial charge >= 0.3 is 11.7 Å². The maximum absolute atomic E-state index is 13.1. The van der Waals surface area contributed by atoms with Crippen LogP contribution in [0.3, 0.4) is 0 Å². The first-order valence-electron chi connectivity index (χ1n) is 14.7. The lowest BCUT2D eigenvalue weighted by Gasteiger charge is -2.33. The SMILES string of the molecule is CCOC(=O)c1cc(CC(=O)CC2CCN(c3ccc(-n4cnn(C(C)c5ccccc5)c4=O)cc3)CC2)ccc1C. The van der Waals surface area contributed by atoms with E-state index in [1.54, 1.807) is 23.9 Å². The van der Waals surface area contributed by atoms with Crippen molar-refractivity contribution in [1.82, 2.24) is 14.3 Å². The van der Waals surface area contributed by atoms with E-state index in [0.29, 0.717) is 30.9 Å². The van der Waals surface area contributed by atoms with Gasteiger partial charge in [0.1, 0.15) is 12.1 Å². The highest BCUT2D eigenvalue weighted by Crippen LogP contribution is 2.27. The standard InChI is InChI=1S/C34H38N4O4/c1-4-42-33(40)32-22-27(11-10-24(32)2)21-31(39)20-26-16-18-36(19-17-26)29-12-14-30(15-13-29)37-23-35-38(34(37)41)25(3)28-8-6-5-7-9-28/h5-15,22-23,25-26H,4,16-21H2,1-3H3. The molecule has 5 rings (SSSR count). The van der Waals surface area contributed by atoms with Crippen molar-refractivity contribution in [1.29, 1.82) is 0 Å². The van der Waals surface area contributed by atoms with E-state index in [4.69, 9.17) is 4.74 Å². The van der Waals surface area contributed by atoms with Crippen LogP contribution in [0.5, 0.6) is 0 Å². The Bertz CT molecular complexity index is 1580. The van der Waals surface area contributed by atoms with Gasteiger partial charge in [0, 0.05) is 31.6 Å². The first kappa shape index (κ1) is 29.0. The minimum Gasteiger partial charge on any atom is -0.462 e. The van der Waals surface area contributed by atoms with Crippen LogP contribution in [0.1, 0.15) is 66.2 Å². The maximum atomic E-state index is 13.1. The van der Waals surface area contributed by atoms with Crippen LogP contribution in [0.4, 0.5) is 5.69 Å². The van der Waals surface area contributed by atoms with Crippen molar-refractivity contribution >= 4 is 17.4 Å². The van der Waals surface area contributed by atoms with Gasteiger partial charge in [-0.2, -0.15) is 5.10 Å². The van der Waals surface area contributed by atoms with Crippen molar-refractivity contribution in [2.75, 3.05) is 24.6 Å². The third kappa shape index (κ3) is 6.54. The summed E-state index contributed by atoms with van der Waals surface area (Å²) in [4.78, 5) is 40.5. The van der Waals surface area contributed by atoms with E-state index in [-0.39, 0.29) is 23.5 Å². The zero-order valence-electron chi connectivity index (χ0n) is 24.5. The van der Waals surface area contributed by atoms with Crippen molar-refractivity contribution < 1.29 is 14.3 Å². The lowest BCUT2D eigenvalue weighted by molar-refractivity contribution is -0.119. The van der Waals surface area contributed by atoms with E-state index in [1.807, 2.05) is 80.6 Å². The zero-order chi connectivity index (χ0) is 29.6. The van der Waals surface area contributed by atoms with Crippen LogP contribution in [0.15, 0.2) is 83.9 Å². The lowest BCUT2D eigenvalue weighted by atomic mass is 9.89. The predicted octanol–water partition coefficient (Wildman–Crippen LogP) is 5.55. The molecule has 0 N–H and O–H groups in total. The molecule has 0 saturated carbocycles. The topological polar surface area (TPSA) is 86.4 Å². The lowest BCUT2D eigenvalue weighted by Crippen LogP contribution is -2.34. The van der Waals surface area contributed by atoms with Gasteiger partial charge in [-0.15, -0.1) is 0 Å². The highest BCUT2D eigenvalue weighted by molar-refractivity contribution is 5.91. The summed E-state index contributed by atoms with van der Waals surface area (Å²) in [5, 5.41) is 4.37. The quantitative estimate of drug-likeness (QED) is 0.234. The summed E-state index contributed by atoms with van der Waals surface area (Å²) in [6, 6.07) is 23.3. The first-order valence-corrected chi connectivity index (χ1v) is 14.7. The molecule has 1 atom stereocenters. The van der Waals surface area contributed by atoms with E-state index in [1.165, 1.54) is 4.68 Å². The largest absolute Gasteiger partial charge is 0.462 e. The molecule has 0 radical (unpaired) electrons. The van der Waals surface area contributed by atoms with Crippen LogP contribution >= 0.6 is 0 Å². The van der Waals surface area contributed by atoms with Gasteiger partial charge in [0.05, 0.1) is 23.9 Å². The van der Waals surface area contributed by atoms with E-state index in [2.05, 4.69) is 10.00 Å². The molecular formula is C34H38N4O4. The van der Waals surface area contributed by atoms with Gasteiger partial charge < -0.3 is 9.64 Å². The second-order valence-electron chi connectivity index (χ2n) is 11.1. The highest BCUT2D eigenvalue weighted by Gasteiger charge is 2.23. The number of Topliss-reactive ketones (excluding diaryl/α,β-unsaturated/α-hetero) is 1. The molecule has 2 heterocycles. The summed E-state index contributed by atoms with van der Waals surface area (Å²) in [5.41, 5.74) is 4.97. The van der Waals surface area contributed by atoms with Gasteiger partial charge in [0.15, 0.2) is 0 Å². The summed E-state index contributed by atoms with van der Waals surface area (Å²) < 4.78 is 8.23. The number of anilines is 1. The van der Waals surface area contributed by atoms with Crippen LogP contribution < -0.4 is 10.6 Å². The Labute approximate surface area is 246 Å². The molecule has 8 heteroatoms. The van der Waals surface area contributed by atoms with Crippen molar-refractivity contribution in [3.8, 4) is 5.69 Å². The van der Waals surface area contributed by atoms with Gasteiger partial charge in [-0.05, 0) is 86.6 Å². The molecule has 1 saturated heterocycles. The van der Waals surface area contributed by atoms with E-state index in [0.717, 1.165) is 54.0 Å². The third-order valence-electron chi connectivity index (χ3n) is 8.16. The van der Waals surface area contributed by atoms with E-state index < -0.39 is 0 Å². The molecule has 8 nitrogen and oxygen atoms in total. The predicted molar refractivity (Wildman–Crippen MR) is 163 cm³/mol. The Hall–Kier alpha value is -4.46. The minimum atomic E-state index is -0.343. The van der Waals surface area contributed by atoms with Crippen LogP contribution in [0, 0.1) is 12.8 Å². The third-order valence-corrected chi connectivity index (χ3v) is 8.16. The van der Waals surface area contributed by atoms with Crippen molar-refractivity contribution in [2.45, 2.75) is 52.5 Å².